The molecule has 1 aromatic heterocycles. The van der Waals surface area contributed by atoms with Gasteiger partial charge in [-0.15, -0.1) is 0 Å². The van der Waals surface area contributed by atoms with Crippen molar-refractivity contribution in [3.05, 3.63) is 23.2 Å². The lowest BCUT2D eigenvalue weighted by Gasteiger charge is -2.30. The average molecular weight is 338 g/mol. The van der Waals surface area contributed by atoms with Crippen molar-refractivity contribution in [2.24, 2.45) is 5.92 Å². The lowest BCUT2D eigenvalue weighted by Crippen LogP contribution is -2.42. The normalized spacial score (nSPS) is 15.3. The number of likely N-dealkylation sites (N-methyl/N-ethyl adjacent to an activating group) is 1. The Balaban J connectivity index is 1.89. The predicted molar refractivity (Wildman–Crippen MR) is 92.9 cm³/mol. The van der Waals surface area contributed by atoms with Crippen LogP contribution in [0.2, 0.25) is 5.02 Å². The topological polar surface area (TPSA) is 36.4 Å². The molecule has 118 valence electrons. The molecule has 0 radical (unpaired) electrons. The molecule has 0 spiro atoms. The van der Waals surface area contributed by atoms with Crippen molar-refractivity contribution in [3.8, 4) is 0 Å². The lowest BCUT2D eigenvalue weighted by molar-refractivity contribution is -0.124. The summed E-state index contributed by atoms with van der Waals surface area (Å²) in [6.45, 7) is 1.50. The number of amides is 1. The van der Waals surface area contributed by atoms with Crippen LogP contribution in [-0.4, -0.2) is 43.0 Å². The van der Waals surface area contributed by atoms with Gasteiger partial charge in [-0.1, -0.05) is 29.4 Å². The molecule has 0 bridgehead atoms. The van der Waals surface area contributed by atoms with Gasteiger partial charge in [0.25, 0.3) is 0 Å². The predicted octanol–water partition coefficient (Wildman–Crippen LogP) is 3.64. The lowest BCUT2D eigenvalue weighted by atomic mass is 9.84. The fourth-order valence-corrected chi connectivity index (χ4v) is 3.75. The minimum atomic E-state index is 0.178. The van der Waals surface area contributed by atoms with Crippen LogP contribution >= 0.6 is 22.9 Å². The molecule has 0 N–H and O–H groups in total. The zero-order chi connectivity index (χ0) is 15.7. The molecule has 1 heterocycles. The van der Waals surface area contributed by atoms with E-state index in [-0.39, 0.29) is 11.8 Å². The second-order valence-electron chi connectivity index (χ2n) is 6.03. The average Bonchev–Trinajstić information content (AvgIpc) is 2.79. The van der Waals surface area contributed by atoms with E-state index in [4.69, 9.17) is 11.6 Å². The highest BCUT2D eigenvalue weighted by Gasteiger charge is 2.31. The van der Waals surface area contributed by atoms with Crippen LogP contribution < -0.4 is 4.90 Å². The van der Waals surface area contributed by atoms with Gasteiger partial charge in [-0.3, -0.25) is 9.69 Å². The van der Waals surface area contributed by atoms with E-state index < -0.39 is 0 Å². The van der Waals surface area contributed by atoms with Gasteiger partial charge in [-0.2, -0.15) is 0 Å². The third-order valence-electron chi connectivity index (χ3n) is 4.06. The molecule has 1 amide bonds. The van der Waals surface area contributed by atoms with Crippen LogP contribution in [0.4, 0.5) is 5.13 Å². The fourth-order valence-electron chi connectivity index (χ4n) is 2.48. The maximum atomic E-state index is 12.7. The first-order chi connectivity index (χ1) is 10.5. The number of hydrogen-bond acceptors (Lipinski definition) is 4. The van der Waals surface area contributed by atoms with E-state index in [0.29, 0.717) is 11.6 Å². The van der Waals surface area contributed by atoms with Crippen LogP contribution in [-0.2, 0) is 4.79 Å². The molecule has 1 aliphatic carbocycles. The molecule has 0 unspecified atom stereocenters. The van der Waals surface area contributed by atoms with E-state index in [9.17, 15) is 4.79 Å². The van der Waals surface area contributed by atoms with Crippen LogP contribution in [0.1, 0.15) is 19.3 Å². The SMILES string of the molecule is CN(C)CCN(C(=O)C1CCC1)c1nc2ccc(Cl)cc2s1. The summed E-state index contributed by atoms with van der Waals surface area (Å²) < 4.78 is 1.03. The van der Waals surface area contributed by atoms with Crippen molar-refractivity contribution >= 4 is 44.2 Å². The Kier molecular flexibility index (Phi) is 4.66. The molecule has 2 aromatic rings. The Bertz CT molecular complexity index is 681. The van der Waals surface area contributed by atoms with E-state index in [1.54, 1.807) is 11.3 Å². The van der Waals surface area contributed by atoms with Crippen molar-refractivity contribution in [3.63, 3.8) is 0 Å². The van der Waals surface area contributed by atoms with Crippen molar-refractivity contribution in [2.75, 3.05) is 32.1 Å². The highest BCUT2D eigenvalue weighted by molar-refractivity contribution is 7.22. The summed E-state index contributed by atoms with van der Waals surface area (Å²) in [5.74, 6) is 0.399. The Morgan fingerprint density at radius 2 is 2.14 bits per heavy atom. The van der Waals surface area contributed by atoms with Gasteiger partial charge in [0.05, 0.1) is 10.2 Å². The summed E-state index contributed by atoms with van der Waals surface area (Å²) in [5.41, 5.74) is 0.903. The molecule has 0 saturated heterocycles. The first kappa shape index (κ1) is 15.7. The molecule has 6 heteroatoms. The summed E-state index contributed by atoms with van der Waals surface area (Å²) in [5, 5.41) is 1.49. The number of rotatable bonds is 5. The number of hydrogen-bond donors (Lipinski definition) is 0. The summed E-state index contributed by atoms with van der Waals surface area (Å²) in [4.78, 5) is 21.3. The molecule has 3 rings (SSSR count). The summed E-state index contributed by atoms with van der Waals surface area (Å²) >= 11 is 7.59. The fraction of sp³-hybridized carbons (Fsp3) is 0.500. The van der Waals surface area contributed by atoms with Crippen LogP contribution in [0.15, 0.2) is 18.2 Å². The van der Waals surface area contributed by atoms with Gasteiger partial charge in [-0.05, 0) is 45.1 Å². The number of carbonyl (C=O) groups excluding carboxylic acids is 1. The third kappa shape index (κ3) is 3.26. The number of nitrogens with zero attached hydrogens (tertiary/aromatic N) is 3. The van der Waals surface area contributed by atoms with Crippen molar-refractivity contribution < 1.29 is 4.79 Å². The van der Waals surface area contributed by atoms with Gasteiger partial charge in [0.1, 0.15) is 0 Å². The van der Waals surface area contributed by atoms with Gasteiger partial charge >= 0.3 is 0 Å². The molecule has 22 heavy (non-hydrogen) atoms. The Morgan fingerprint density at radius 1 is 1.36 bits per heavy atom. The number of anilines is 1. The minimum Gasteiger partial charge on any atom is -0.308 e. The molecular formula is C16H20ClN3OS. The molecular weight excluding hydrogens is 318 g/mol. The standard InChI is InChI=1S/C16H20ClN3OS/c1-19(2)8-9-20(15(21)11-4-3-5-11)16-18-13-7-6-12(17)10-14(13)22-16/h6-7,10-11H,3-5,8-9H2,1-2H3. The molecule has 4 nitrogen and oxygen atoms in total. The number of fused-ring (bicyclic) bond motifs is 1. The van der Waals surface area contributed by atoms with Gasteiger partial charge in [0.15, 0.2) is 5.13 Å². The molecule has 0 atom stereocenters. The smallest absolute Gasteiger partial charge is 0.231 e. The highest BCUT2D eigenvalue weighted by atomic mass is 35.5. The van der Waals surface area contributed by atoms with E-state index >= 15 is 0 Å². The van der Waals surface area contributed by atoms with Crippen molar-refractivity contribution in [1.29, 1.82) is 0 Å². The highest BCUT2D eigenvalue weighted by Crippen LogP contribution is 2.34. The van der Waals surface area contributed by atoms with Crippen LogP contribution in [0.5, 0.6) is 0 Å². The van der Waals surface area contributed by atoms with E-state index in [2.05, 4.69) is 9.88 Å². The van der Waals surface area contributed by atoms with E-state index in [1.165, 1.54) is 0 Å². The summed E-state index contributed by atoms with van der Waals surface area (Å²) in [6, 6.07) is 5.66. The zero-order valence-corrected chi connectivity index (χ0v) is 14.5. The molecule has 1 aliphatic rings. The summed E-state index contributed by atoms with van der Waals surface area (Å²) in [7, 11) is 4.04. The molecule has 1 aromatic carbocycles. The zero-order valence-electron chi connectivity index (χ0n) is 12.9. The minimum absolute atomic E-state index is 0.178. The van der Waals surface area contributed by atoms with Gasteiger partial charge in [-0.25, -0.2) is 4.98 Å². The molecule has 1 saturated carbocycles. The number of thiazole rings is 1. The number of halogens is 1. The number of aromatic nitrogens is 1. The first-order valence-corrected chi connectivity index (χ1v) is 8.76. The third-order valence-corrected chi connectivity index (χ3v) is 5.34. The second kappa shape index (κ2) is 6.52. The monoisotopic (exact) mass is 337 g/mol. The van der Waals surface area contributed by atoms with Crippen LogP contribution in [0.3, 0.4) is 0 Å². The van der Waals surface area contributed by atoms with Crippen molar-refractivity contribution in [2.45, 2.75) is 19.3 Å². The maximum absolute atomic E-state index is 12.7. The van der Waals surface area contributed by atoms with Gasteiger partial charge < -0.3 is 4.90 Å². The second-order valence-corrected chi connectivity index (χ2v) is 7.47. The maximum Gasteiger partial charge on any atom is 0.231 e. The number of carbonyl (C=O) groups is 1. The summed E-state index contributed by atoms with van der Waals surface area (Å²) in [6.07, 6.45) is 3.18. The van der Waals surface area contributed by atoms with Gasteiger partial charge in [0.2, 0.25) is 5.91 Å². The quantitative estimate of drug-likeness (QED) is 0.835. The molecule has 1 fully saturated rings. The van der Waals surface area contributed by atoms with E-state index in [0.717, 1.165) is 41.2 Å². The Morgan fingerprint density at radius 3 is 2.77 bits per heavy atom. The van der Waals surface area contributed by atoms with Crippen molar-refractivity contribution in [1.82, 2.24) is 9.88 Å². The van der Waals surface area contributed by atoms with Crippen LogP contribution in [0.25, 0.3) is 10.2 Å². The molecule has 0 aliphatic heterocycles. The van der Waals surface area contributed by atoms with E-state index in [1.807, 2.05) is 37.2 Å². The van der Waals surface area contributed by atoms with Gasteiger partial charge in [0, 0.05) is 24.0 Å². The largest absolute Gasteiger partial charge is 0.308 e. The Labute approximate surface area is 139 Å². The first-order valence-electron chi connectivity index (χ1n) is 7.57. The number of benzene rings is 1. The Hall–Kier alpha value is -1.17. The van der Waals surface area contributed by atoms with Crippen LogP contribution in [0, 0.1) is 5.92 Å².